The zero-order chi connectivity index (χ0) is 29.0. The molecule has 0 rings (SSSR count). The summed E-state index contributed by atoms with van der Waals surface area (Å²) in [7, 11) is -4.15. The Balaban J connectivity index is -0.00000108. The Morgan fingerprint density at radius 2 is 1.56 bits per heavy atom. The van der Waals surface area contributed by atoms with Gasteiger partial charge in [-0.3, -0.25) is 14.4 Å². The summed E-state index contributed by atoms with van der Waals surface area (Å²) < 4.78 is 27.2. The Kier molecular flexibility index (Phi) is 27.3. The van der Waals surface area contributed by atoms with Crippen molar-refractivity contribution in [3.63, 3.8) is 0 Å². The summed E-state index contributed by atoms with van der Waals surface area (Å²) >= 11 is 0. The van der Waals surface area contributed by atoms with Crippen LogP contribution in [0.2, 0.25) is 0 Å². The first-order valence-corrected chi connectivity index (χ1v) is 13.5. The zero-order valence-electron chi connectivity index (χ0n) is 25.4. The van der Waals surface area contributed by atoms with Gasteiger partial charge in [-0.05, 0) is 38.4 Å². The first-order valence-electron chi connectivity index (χ1n) is 11.9. The molecule has 0 aliphatic carbocycles. The van der Waals surface area contributed by atoms with E-state index in [0.29, 0.717) is 6.42 Å². The van der Waals surface area contributed by atoms with Crippen molar-refractivity contribution in [3.8, 4) is 0 Å². The minimum absolute atomic E-state index is 0. The number of carbonyl (C=O) groups is 5. The van der Waals surface area contributed by atoms with Gasteiger partial charge in [-0.25, -0.2) is 8.42 Å². The summed E-state index contributed by atoms with van der Waals surface area (Å²) in [5, 5.41) is 27.6. The predicted molar refractivity (Wildman–Crippen MR) is 146 cm³/mol. The van der Waals surface area contributed by atoms with Crippen molar-refractivity contribution in [1.29, 1.82) is 0 Å². The van der Waals surface area contributed by atoms with Crippen LogP contribution in [0.5, 0.6) is 0 Å². The molecule has 0 aromatic rings. The standard InChI is InChI=1S/C23H40N4O9S.2CH3.Na.Pt/c1-7-23(6,21(34)25-12-15(2)28)14-22(4,5)20(33)26-13-18(30)24-9-8-10-37(35,36)27-17(16(3)29)11-19(31)32;;;;/h15,17,28H,3,7-14H2,1-2,4-6H3,(H,24,30)(H,25,34)(H,26,33)(H,31,32);2*1H3;;/q-2;2*-1;+1;+4/p-1. The van der Waals surface area contributed by atoms with Crippen molar-refractivity contribution < 1.29 is 93.2 Å². The van der Waals surface area contributed by atoms with Crippen molar-refractivity contribution in [1.82, 2.24) is 16.0 Å². The zero-order valence-corrected chi connectivity index (χ0v) is 30.5. The van der Waals surface area contributed by atoms with E-state index in [4.69, 9.17) is 0 Å². The van der Waals surface area contributed by atoms with Crippen LogP contribution in [-0.2, 0) is 55.1 Å². The third-order valence-corrected chi connectivity index (χ3v) is 7.04. The fraction of sp³-hybridized carbons (Fsp3) is 0.680. The molecule has 0 aromatic heterocycles. The van der Waals surface area contributed by atoms with Crippen LogP contribution in [-0.4, -0.2) is 80.5 Å². The smallest absolute Gasteiger partial charge is 0.550 e. The van der Waals surface area contributed by atoms with E-state index in [1.807, 2.05) is 6.92 Å². The van der Waals surface area contributed by atoms with Crippen LogP contribution >= 0.6 is 0 Å². The molecule has 3 unspecified atom stereocenters. The fourth-order valence-electron chi connectivity index (χ4n) is 3.43. The van der Waals surface area contributed by atoms with E-state index in [1.54, 1.807) is 27.7 Å². The number of hydrogen-bond donors (Lipinski definition) is 4. The summed E-state index contributed by atoms with van der Waals surface area (Å²) in [5.41, 5.74) is -1.89. The second-order valence-electron chi connectivity index (χ2n) is 9.87. The molecule has 0 spiro atoms. The minimum Gasteiger partial charge on any atom is -0.550 e. The number of amides is 3. The van der Waals surface area contributed by atoms with Gasteiger partial charge in [0.1, 0.15) is 0 Å². The number of Topliss-reactive ketones (excluding diaryl/α,β-unsaturated/α-hetero) is 1. The molecule has 0 fully saturated rings. The van der Waals surface area contributed by atoms with Crippen molar-refractivity contribution in [2.45, 2.75) is 72.4 Å². The van der Waals surface area contributed by atoms with E-state index in [9.17, 15) is 42.6 Å². The maximum Gasteiger partial charge on any atom is 4.00 e. The number of carboxylic acid groups (broad SMARTS) is 1. The van der Waals surface area contributed by atoms with E-state index in [-0.39, 0.29) is 104 Å². The Hall–Kier alpha value is -1.02. The van der Waals surface area contributed by atoms with Crippen LogP contribution in [0.25, 0.3) is 4.72 Å². The molecule has 0 saturated heterocycles. The van der Waals surface area contributed by atoms with Crippen LogP contribution in [0.4, 0.5) is 0 Å². The maximum atomic E-state index is 12.7. The molecule has 0 saturated carbocycles. The summed E-state index contributed by atoms with van der Waals surface area (Å²) in [6, 6.07) is -1.66. The van der Waals surface area contributed by atoms with Gasteiger partial charge in [-0.2, -0.15) is 0 Å². The van der Waals surface area contributed by atoms with E-state index in [2.05, 4.69) is 27.6 Å². The third kappa shape index (κ3) is 20.5. The van der Waals surface area contributed by atoms with Crippen LogP contribution in [0.15, 0.2) is 0 Å². The molecule has 236 valence electrons. The van der Waals surface area contributed by atoms with Gasteiger partial charge in [0.05, 0.1) is 22.7 Å². The summed E-state index contributed by atoms with van der Waals surface area (Å²) in [4.78, 5) is 59.3. The molecule has 3 atom stereocenters. The SMILES string of the molecule is [CH2-]C(=O)C(CC(=O)[O-])[N-]S(=O)(=O)CCCNC(=O)CNC(=O)C(C)(C)CC(C)(CC)C(=O)NCC(C)O.[CH3-].[CH3-].[Na+].[Pt+4]. The second-order valence-corrected chi connectivity index (χ2v) is 11.7. The van der Waals surface area contributed by atoms with Crippen molar-refractivity contribution >= 4 is 39.5 Å². The molecule has 0 bridgehead atoms. The van der Waals surface area contributed by atoms with Gasteiger partial charge in [0.15, 0.2) is 0 Å². The Labute approximate surface area is 282 Å². The quantitative estimate of drug-likeness (QED) is 0.0614. The number of hydrogen-bond acceptors (Lipinski definition) is 9. The Bertz CT molecular complexity index is 949. The third-order valence-electron chi connectivity index (χ3n) is 5.66. The monoisotopic (exact) mass is 795 g/mol. The largest absolute Gasteiger partial charge is 4.00 e. The first-order chi connectivity index (χ1) is 16.8. The average molecular weight is 796 g/mol. The number of sulfonamides is 1. The van der Waals surface area contributed by atoms with Gasteiger partial charge >= 0.3 is 50.6 Å². The van der Waals surface area contributed by atoms with Gasteiger partial charge in [-0.1, -0.05) is 33.7 Å². The minimum atomic E-state index is -4.15. The summed E-state index contributed by atoms with van der Waals surface area (Å²) in [6.07, 6.45) is -1.05. The maximum absolute atomic E-state index is 12.7. The van der Waals surface area contributed by atoms with E-state index in [1.165, 1.54) is 0 Å². The number of aliphatic hydroxyl groups excluding tert-OH is 1. The van der Waals surface area contributed by atoms with Crippen molar-refractivity contribution in [2.75, 3.05) is 25.4 Å². The molecule has 0 aromatic carbocycles. The molecule has 16 heteroatoms. The average Bonchev–Trinajstić information content (AvgIpc) is 2.77. The van der Waals surface area contributed by atoms with E-state index >= 15 is 0 Å². The first kappa shape index (κ1) is 49.6. The second kappa shape index (κ2) is 22.5. The van der Waals surface area contributed by atoms with Crippen LogP contribution in [0.3, 0.4) is 0 Å². The molecule has 0 aliphatic heterocycles. The molecule has 13 nitrogen and oxygen atoms in total. The topological polar surface area (TPSA) is 213 Å². The number of carbonyl (C=O) groups excluding carboxylic acids is 5. The van der Waals surface area contributed by atoms with Gasteiger partial charge in [-0.15, -0.1) is 0 Å². The van der Waals surface area contributed by atoms with Crippen LogP contribution in [0.1, 0.15) is 60.3 Å². The van der Waals surface area contributed by atoms with Crippen LogP contribution < -0.4 is 50.6 Å². The Morgan fingerprint density at radius 1 is 1.02 bits per heavy atom. The number of nitrogens with zero attached hydrogens (tertiary/aromatic N) is 1. The van der Waals surface area contributed by atoms with Crippen LogP contribution in [0, 0.1) is 32.6 Å². The molecule has 41 heavy (non-hydrogen) atoms. The molecule has 4 N–H and O–H groups in total. The normalized spacial score (nSPS) is 13.6. The molecular weight excluding hydrogens is 750 g/mol. The number of aliphatic hydroxyl groups is 1. The predicted octanol–water partition coefficient (Wildman–Crippen LogP) is -3.54. The number of aliphatic carboxylic acids is 1. The number of nitrogens with one attached hydrogen (secondary N) is 3. The molecule has 0 radical (unpaired) electrons. The Morgan fingerprint density at radius 3 is 2.00 bits per heavy atom. The van der Waals surface area contributed by atoms with Gasteiger partial charge < -0.3 is 62.3 Å². The molecule has 0 heterocycles. The van der Waals surface area contributed by atoms with Crippen molar-refractivity contribution in [2.24, 2.45) is 10.8 Å². The van der Waals surface area contributed by atoms with Gasteiger partial charge in [0, 0.05) is 35.6 Å². The molecule has 0 aliphatic rings. The van der Waals surface area contributed by atoms with Gasteiger partial charge in [0.2, 0.25) is 17.7 Å². The van der Waals surface area contributed by atoms with Crippen molar-refractivity contribution in [3.05, 3.63) is 26.5 Å². The van der Waals surface area contributed by atoms with E-state index < -0.39 is 68.7 Å². The molecular formula is C25H45N4NaO9PtS. The summed E-state index contributed by atoms with van der Waals surface area (Å²) in [6.45, 7) is 11.0. The van der Waals surface area contributed by atoms with E-state index in [0.717, 1.165) is 0 Å². The number of carboxylic acids is 1. The number of ketones is 1. The molecule has 3 amide bonds. The van der Waals surface area contributed by atoms with Gasteiger partial charge in [0.25, 0.3) is 0 Å². The number of rotatable bonds is 18. The summed E-state index contributed by atoms with van der Waals surface area (Å²) in [5.74, 6) is -4.48. The fourth-order valence-corrected chi connectivity index (χ4v) is 4.63.